The van der Waals surface area contributed by atoms with Crippen molar-refractivity contribution in [3.8, 4) is 0 Å². The van der Waals surface area contributed by atoms with Crippen LogP contribution >= 0.6 is 24.0 Å². The average molecular weight is 615 g/mol. The van der Waals surface area contributed by atoms with Gasteiger partial charge in [0, 0.05) is 23.3 Å². The fourth-order valence-corrected chi connectivity index (χ4v) is 7.95. The van der Waals surface area contributed by atoms with Crippen LogP contribution in [0.25, 0.3) is 17.7 Å². The predicted octanol–water partition coefficient (Wildman–Crippen LogP) is 8.35. The van der Waals surface area contributed by atoms with E-state index in [1.807, 2.05) is 24.3 Å². The number of anilines is 2. The molecule has 1 aliphatic carbocycles. The Balaban J connectivity index is 1.19. The van der Waals surface area contributed by atoms with Crippen LogP contribution in [0, 0.1) is 0 Å². The van der Waals surface area contributed by atoms with E-state index in [1.54, 1.807) is 0 Å². The number of carboxylic acids is 1. The van der Waals surface area contributed by atoms with Crippen LogP contribution in [0.15, 0.2) is 108 Å². The summed E-state index contributed by atoms with van der Waals surface area (Å²) >= 11 is 6.44. The summed E-state index contributed by atoms with van der Waals surface area (Å²) in [6.07, 6.45) is 7.55. The Labute approximate surface area is 266 Å². The van der Waals surface area contributed by atoms with Gasteiger partial charge in [-0.1, -0.05) is 109 Å². The first-order valence-electron chi connectivity index (χ1n) is 14.8. The zero-order valence-corrected chi connectivity index (χ0v) is 25.6. The summed E-state index contributed by atoms with van der Waals surface area (Å²) in [5, 5.41) is 9.16. The van der Waals surface area contributed by atoms with Crippen LogP contribution in [0.3, 0.4) is 0 Å². The summed E-state index contributed by atoms with van der Waals surface area (Å²) in [4.78, 5) is 28.1. The number of carbonyl (C=O) groups is 2. The highest BCUT2D eigenvalue weighted by Crippen LogP contribution is 2.52. The lowest BCUT2D eigenvalue weighted by molar-refractivity contribution is -0.140. The molecule has 2 fully saturated rings. The molecule has 4 aromatic rings. The van der Waals surface area contributed by atoms with Gasteiger partial charge in [-0.2, -0.15) is 0 Å². The molecular weight excluding hydrogens is 585 g/mol. The monoisotopic (exact) mass is 614 g/mol. The second kappa shape index (κ2) is 11.9. The molecule has 0 spiro atoms. The number of benzene rings is 4. The Morgan fingerprint density at radius 1 is 0.886 bits per heavy atom. The molecule has 218 valence electrons. The Morgan fingerprint density at radius 3 is 2.20 bits per heavy atom. The molecule has 0 unspecified atom stereocenters. The molecule has 2 heterocycles. The van der Waals surface area contributed by atoms with Crippen molar-refractivity contribution in [2.75, 3.05) is 11.4 Å². The molecule has 1 saturated heterocycles. The Kier molecular flexibility index (Phi) is 7.66. The number of fused-ring (bicyclic) bond motifs is 3. The maximum Gasteiger partial charge on any atom is 0.323 e. The minimum absolute atomic E-state index is 0.282. The van der Waals surface area contributed by atoms with E-state index in [4.69, 9.17) is 17.3 Å². The summed E-state index contributed by atoms with van der Waals surface area (Å²) in [6, 6.07) is 36.7. The molecule has 1 saturated carbocycles. The summed E-state index contributed by atoms with van der Waals surface area (Å²) in [5.74, 6) is -0.994. The van der Waals surface area contributed by atoms with Gasteiger partial charge in [-0.25, -0.2) is 0 Å². The normalized spacial score (nSPS) is 19.8. The van der Waals surface area contributed by atoms with E-state index in [9.17, 15) is 9.59 Å². The van der Waals surface area contributed by atoms with E-state index in [1.165, 1.54) is 40.1 Å². The van der Waals surface area contributed by atoms with Crippen LogP contribution in [0.4, 0.5) is 11.4 Å². The van der Waals surface area contributed by atoms with Crippen LogP contribution in [0.5, 0.6) is 0 Å². The lowest BCUT2D eigenvalue weighted by atomic mass is 9.95. The number of hydrogen-bond donors (Lipinski definition) is 1. The van der Waals surface area contributed by atoms with Crippen molar-refractivity contribution in [2.45, 2.75) is 31.2 Å². The van der Waals surface area contributed by atoms with Gasteiger partial charge in [-0.3, -0.25) is 14.5 Å². The quantitative estimate of drug-likeness (QED) is 0.128. The Hall–Kier alpha value is -4.46. The molecule has 7 heteroatoms. The van der Waals surface area contributed by atoms with Gasteiger partial charge >= 0.3 is 5.97 Å². The second-order valence-electron chi connectivity index (χ2n) is 11.3. The molecule has 2 atom stereocenters. The molecule has 2 aliphatic heterocycles. The van der Waals surface area contributed by atoms with Crippen LogP contribution < -0.4 is 4.90 Å². The van der Waals surface area contributed by atoms with Gasteiger partial charge in [0.25, 0.3) is 5.91 Å². The Bertz CT molecular complexity index is 1780. The van der Waals surface area contributed by atoms with E-state index >= 15 is 0 Å². The van der Waals surface area contributed by atoms with Crippen LogP contribution in [0.1, 0.15) is 53.0 Å². The predicted molar refractivity (Wildman–Crippen MR) is 183 cm³/mol. The third kappa shape index (κ3) is 5.38. The number of carboxylic acid groups (broad SMARTS) is 1. The molecule has 0 aromatic heterocycles. The van der Waals surface area contributed by atoms with Gasteiger partial charge < -0.3 is 10.0 Å². The van der Waals surface area contributed by atoms with Crippen molar-refractivity contribution in [3.05, 3.63) is 136 Å². The molecule has 5 nitrogen and oxygen atoms in total. The summed E-state index contributed by atoms with van der Waals surface area (Å²) in [5.41, 5.74) is 9.34. The van der Waals surface area contributed by atoms with Crippen molar-refractivity contribution in [3.63, 3.8) is 0 Å². The fraction of sp³-hybridized carbons (Fsp3) is 0.162. The molecule has 0 bridgehead atoms. The molecular formula is C37H30N2O3S2. The molecule has 1 N–H and O–H groups in total. The molecule has 1 amide bonds. The lowest BCUT2D eigenvalue weighted by Gasteiger charge is -2.27. The number of aliphatic carboxylic acids is 1. The first-order chi connectivity index (χ1) is 21.5. The highest BCUT2D eigenvalue weighted by Gasteiger charge is 2.42. The van der Waals surface area contributed by atoms with Crippen LogP contribution in [-0.2, 0) is 9.59 Å². The maximum absolute atomic E-state index is 12.8. The topological polar surface area (TPSA) is 60.9 Å². The maximum atomic E-state index is 12.8. The number of nitrogens with zero attached hydrogens (tertiary/aromatic N) is 2. The van der Waals surface area contributed by atoms with Crippen LogP contribution in [0.2, 0.25) is 0 Å². The second-order valence-corrected chi connectivity index (χ2v) is 13.0. The van der Waals surface area contributed by atoms with E-state index < -0.39 is 12.5 Å². The van der Waals surface area contributed by atoms with E-state index in [-0.39, 0.29) is 10.2 Å². The highest BCUT2D eigenvalue weighted by atomic mass is 32.2. The minimum Gasteiger partial charge on any atom is -0.480 e. The fourth-order valence-electron chi connectivity index (χ4n) is 6.69. The first kappa shape index (κ1) is 28.3. The van der Waals surface area contributed by atoms with Gasteiger partial charge in [0.1, 0.15) is 10.9 Å². The summed E-state index contributed by atoms with van der Waals surface area (Å²) in [6.45, 7) is -0.417. The van der Waals surface area contributed by atoms with Gasteiger partial charge in [-0.15, -0.1) is 0 Å². The number of thiocarbonyl (C=S) groups is 1. The van der Waals surface area contributed by atoms with Gasteiger partial charge in [0.05, 0.1) is 4.91 Å². The number of rotatable bonds is 7. The molecule has 44 heavy (non-hydrogen) atoms. The third-order valence-electron chi connectivity index (χ3n) is 8.64. The zero-order chi connectivity index (χ0) is 30.2. The van der Waals surface area contributed by atoms with Crippen molar-refractivity contribution in [1.82, 2.24) is 4.90 Å². The average Bonchev–Trinajstić information content (AvgIpc) is 3.71. The minimum atomic E-state index is -1.08. The van der Waals surface area contributed by atoms with E-state index in [0.717, 1.165) is 40.6 Å². The molecule has 3 aliphatic rings. The third-order valence-corrected chi connectivity index (χ3v) is 10.0. The zero-order valence-electron chi connectivity index (χ0n) is 23.9. The SMILES string of the molecule is O=C(O)CN1C(=O)/C(=C\c2ccc3c(c2)[C@H]2CCC[C@@H]2N3c2ccc(C=C(c3ccccc3)c3ccccc3)cc2)SC1=S. The van der Waals surface area contributed by atoms with Gasteiger partial charge in [0.2, 0.25) is 0 Å². The summed E-state index contributed by atoms with van der Waals surface area (Å²) < 4.78 is 0.282. The number of hydrogen-bond acceptors (Lipinski definition) is 5. The van der Waals surface area contributed by atoms with Gasteiger partial charge in [0.15, 0.2) is 0 Å². The molecule has 7 rings (SSSR count). The van der Waals surface area contributed by atoms with Crippen molar-refractivity contribution < 1.29 is 14.7 Å². The van der Waals surface area contributed by atoms with E-state index in [2.05, 4.69) is 95.9 Å². The first-order valence-corrected chi connectivity index (χ1v) is 16.0. The van der Waals surface area contributed by atoms with E-state index in [0.29, 0.717) is 16.9 Å². The van der Waals surface area contributed by atoms with Crippen LogP contribution in [-0.4, -0.2) is 38.8 Å². The van der Waals surface area contributed by atoms with Crippen molar-refractivity contribution in [2.24, 2.45) is 0 Å². The van der Waals surface area contributed by atoms with Crippen molar-refractivity contribution in [1.29, 1.82) is 0 Å². The number of amides is 1. The summed E-state index contributed by atoms with van der Waals surface area (Å²) in [7, 11) is 0. The molecule has 4 aromatic carbocycles. The number of carbonyl (C=O) groups excluding carboxylic acids is 1. The largest absolute Gasteiger partial charge is 0.480 e. The Morgan fingerprint density at radius 2 is 1.55 bits per heavy atom. The number of thioether (sulfide) groups is 1. The van der Waals surface area contributed by atoms with Crippen molar-refractivity contribution >= 4 is 69.3 Å². The molecule has 0 radical (unpaired) electrons. The standard InChI is InChI=1S/C37H30N2O3S2/c40-35(41)23-38-36(42)34(44-37(38)43)22-25-16-19-33-31(21-25)29-12-7-13-32(29)39(33)28-17-14-24(15-18-28)20-30(26-8-3-1-4-9-26)27-10-5-2-6-11-27/h1-6,8-11,14-22,29,32H,7,12-13,23H2,(H,40,41)/b34-22+/t29-,32+/m1/s1. The lowest BCUT2D eigenvalue weighted by Crippen LogP contribution is -2.33. The van der Waals surface area contributed by atoms with Gasteiger partial charge in [-0.05, 0) is 82.6 Å². The highest BCUT2D eigenvalue weighted by molar-refractivity contribution is 8.26. The smallest absolute Gasteiger partial charge is 0.323 e.